The summed E-state index contributed by atoms with van der Waals surface area (Å²) in [6.07, 6.45) is 0.722. The van der Waals surface area contributed by atoms with Gasteiger partial charge in [-0.1, -0.05) is 10.8 Å². The molecule has 0 amide bonds. The van der Waals surface area contributed by atoms with Gasteiger partial charge in [0, 0.05) is 0 Å². The van der Waals surface area contributed by atoms with Crippen LogP contribution in [0.1, 0.15) is 6.42 Å². The summed E-state index contributed by atoms with van der Waals surface area (Å²) in [4.78, 5) is 3.75. The first kappa shape index (κ1) is 3.25. The highest BCUT2D eigenvalue weighted by Gasteiger charge is 1.86. The number of nitrogens with zero attached hydrogens (tertiary/aromatic N) is 1. The predicted molar refractivity (Wildman–Crippen MR) is 24.5 cm³/mol. The Morgan fingerprint density at radius 2 is 2.33 bits per heavy atom. The van der Waals surface area contributed by atoms with Crippen LogP contribution in [0, 0.1) is 17.9 Å². The molecule has 0 atom stereocenters. The molecular weight excluding hydrogens is 74.1 g/mol. The first-order valence-electron chi connectivity index (χ1n) is 1.85. The highest BCUT2D eigenvalue weighted by atomic mass is 14.6. The SMILES string of the molecule is C1#CC[N+]#CC1. The zero-order valence-corrected chi connectivity index (χ0v) is 3.36. The molecule has 0 saturated heterocycles. The minimum absolute atomic E-state index is 0.653. The molecule has 0 aromatic heterocycles. The van der Waals surface area contributed by atoms with Crippen LogP contribution in [0.15, 0.2) is 0 Å². The zero-order chi connectivity index (χ0) is 4.24. The fraction of sp³-hybridized carbons (Fsp3) is 0.400. The molecule has 1 aliphatic rings. The standard InChI is InChI=1S/C5H4N/c1-2-4-6-5-3-1/h2,5H2/q+1. The van der Waals surface area contributed by atoms with Crippen LogP contribution in [0.4, 0.5) is 0 Å². The van der Waals surface area contributed by atoms with Crippen LogP contribution in [-0.4, -0.2) is 6.54 Å². The minimum Gasteiger partial charge on any atom is -0.0756 e. The molecule has 0 radical (unpaired) electrons. The molecule has 0 N–H and O–H groups in total. The van der Waals surface area contributed by atoms with E-state index in [0.717, 1.165) is 6.42 Å². The van der Waals surface area contributed by atoms with Crippen molar-refractivity contribution in [2.75, 3.05) is 6.54 Å². The van der Waals surface area contributed by atoms with Gasteiger partial charge in [0.05, 0.1) is 0 Å². The average molecular weight is 78.1 g/mol. The Kier molecular flexibility index (Phi) is 0.800. The first-order valence-corrected chi connectivity index (χ1v) is 1.85. The summed E-state index contributed by atoms with van der Waals surface area (Å²) in [6.45, 7) is 0.653. The van der Waals surface area contributed by atoms with Crippen LogP contribution in [0.3, 0.4) is 0 Å². The van der Waals surface area contributed by atoms with Crippen molar-refractivity contribution in [3.63, 3.8) is 0 Å². The van der Waals surface area contributed by atoms with E-state index in [1.807, 2.05) is 0 Å². The maximum Gasteiger partial charge on any atom is 0.323 e. The maximum atomic E-state index is 3.75. The second-order valence-corrected chi connectivity index (χ2v) is 1.00. The topological polar surface area (TPSA) is 4.36 Å². The molecule has 0 bridgehead atoms. The smallest absolute Gasteiger partial charge is 0.0756 e. The Bertz CT molecular complexity index is 116. The molecule has 0 unspecified atom stereocenters. The molecule has 0 fully saturated rings. The Balaban J connectivity index is 2.57. The summed E-state index contributed by atoms with van der Waals surface area (Å²) in [7, 11) is 0. The van der Waals surface area contributed by atoms with Gasteiger partial charge < -0.3 is 0 Å². The Morgan fingerprint density at radius 1 is 1.33 bits per heavy atom. The van der Waals surface area contributed by atoms with Gasteiger partial charge in [0.15, 0.2) is 0 Å². The van der Waals surface area contributed by atoms with E-state index in [2.05, 4.69) is 22.8 Å². The van der Waals surface area contributed by atoms with Gasteiger partial charge in [-0.25, -0.2) is 0 Å². The number of hydrogen-bond acceptors (Lipinski definition) is 0. The van der Waals surface area contributed by atoms with Gasteiger partial charge in [-0.05, 0) is 5.92 Å². The summed E-state index contributed by atoms with van der Waals surface area (Å²) in [6, 6.07) is 2.74. The third-order valence-corrected chi connectivity index (χ3v) is 0.562. The third kappa shape index (κ3) is 0.503. The second kappa shape index (κ2) is 1.48. The van der Waals surface area contributed by atoms with Crippen LogP contribution in [0.5, 0.6) is 0 Å². The summed E-state index contributed by atoms with van der Waals surface area (Å²) in [5, 5.41) is 0. The zero-order valence-electron chi connectivity index (χ0n) is 3.36. The van der Waals surface area contributed by atoms with E-state index >= 15 is 0 Å². The van der Waals surface area contributed by atoms with Crippen molar-refractivity contribution in [1.29, 1.82) is 0 Å². The van der Waals surface area contributed by atoms with E-state index in [-0.39, 0.29) is 0 Å². The molecule has 0 spiro atoms. The van der Waals surface area contributed by atoms with Crippen molar-refractivity contribution in [3.05, 3.63) is 4.85 Å². The van der Waals surface area contributed by atoms with Gasteiger partial charge in [-0.15, -0.1) is 0 Å². The molecule has 6 heavy (non-hydrogen) atoms. The van der Waals surface area contributed by atoms with E-state index in [9.17, 15) is 0 Å². The molecule has 1 rings (SSSR count). The van der Waals surface area contributed by atoms with E-state index in [0.29, 0.717) is 6.54 Å². The monoisotopic (exact) mass is 78.0 g/mol. The highest BCUT2D eigenvalue weighted by Crippen LogP contribution is 1.78. The number of hydrogen-bond donors (Lipinski definition) is 0. The molecule has 1 nitrogen and oxygen atoms in total. The highest BCUT2D eigenvalue weighted by molar-refractivity contribution is 5.16. The molecular formula is C5H4N+. The Labute approximate surface area is 36.8 Å². The lowest BCUT2D eigenvalue weighted by molar-refractivity contribution is 1.45. The summed E-state index contributed by atoms with van der Waals surface area (Å²) >= 11 is 0. The van der Waals surface area contributed by atoms with Crippen molar-refractivity contribution < 1.29 is 0 Å². The largest absolute Gasteiger partial charge is 0.323 e. The molecule has 1 aliphatic heterocycles. The van der Waals surface area contributed by atoms with E-state index in [1.165, 1.54) is 0 Å². The summed E-state index contributed by atoms with van der Waals surface area (Å²) in [5.41, 5.74) is 0. The van der Waals surface area contributed by atoms with Crippen molar-refractivity contribution >= 4 is 0 Å². The number of rotatable bonds is 0. The maximum absolute atomic E-state index is 3.75. The van der Waals surface area contributed by atoms with E-state index in [1.54, 1.807) is 0 Å². The molecule has 28 valence electrons. The second-order valence-electron chi connectivity index (χ2n) is 1.00. The van der Waals surface area contributed by atoms with Crippen molar-refractivity contribution in [2.45, 2.75) is 6.42 Å². The molecule has 0 aromatic rings. The summed E-state index contributed by atoms with van der Waals surface area (Å²) < 4.78 is 0. The van der Waals surface area contributed by atoms with Crippen LogP contribution < -0.4 is 0 Å². The lowest BCUT2D eigenvalue weighted by Gasteiger charge is -1.63. The lowest BCUT2D eigenvalue weighted by atomic mass is 10.4. The van der Waals surface area contributed by atoms with Gasteiger partial charge in [0.2, 0.25) is 0 Å². The van der Waals surface area contributed by atoms with Gasteiger partial charge in [0.25, 0.3) is 6.07 Å². The van der Waals surface area contributed by atoms with Crippen molar-refractivity contribution in [2.24, 2.45) is 0 Å². The van der Waals surface area contributed by atoms with Crippen LogP contribution in [0.2, 0.25) is 0 Å². The first-order chi connectivity index (χ1) is 3.00. The van der Waals surface area contributed by atoms with Crippen molar-refractivity contribution in [1.82, 2.24) is 0 Å². The fourth-order valence-corrected chi connectivity index (χ4v) is 0.309. The third-order valence-electron chi connectivity index (χ3n) is 0.562. The molecule has 1 heterocycles. The van der Waals surface area contributed by atoms with E-state index < -0.39 is 0 Å². The average Bonchev–Trinajstić information content (AvgIpc) is 1.72. The van der Waals surface area contributed by atoms with E-state index in [4.69, 9.17) is 0 Å². The summed E-state index contributed by atoms with van der Waals surface area (Å²) in [5.74, 6) is 5.64. The fourth-order valence-electron chi connectivity index (χ4n) is 0.309. The quantitative estimate of drug-likeness (QED) is 0.376. The Morgan fingerprint density at radius 3 is 2.50 bits per heavy atom. The molecule has 0 aromatic carbocycles. The van der Waals surface area contributed by atoms with Gasteiger partial charge in [-0.2, -0.15) is 0 Å². The van der Waals surface area contributed by atoms with Crippen LogP contribution >= 0.6 is 0 Å². The van der Waals surface area contributed by atoms with Crippen LogP contribution in [0.25, 0.3) is 4.85 Å². The normalized spacial score (nSPS) is 13.3. The Hall–Kier alpha value is -0.950. The molecule has 0 aliphatic carbocycles. The van der Waals surface area contributed by atoms with Crippen LogP contribution in [-0.2, 0) is 0 Å². The molecule has 1 heteroatoms. The van der Waals surface area contributed by atoms with Gasteiger partial charge in [-0.3, -0.25) is 0 Å². The predicted octanol–water partition coefficient (Wildman–Crippen LogP) is 0.726. The van der Waals surface area contributed by atoms with Gasteiger partial charge in [0.1, 0.15) is 6.42 Å². The van der Waals surface area contributed by atoms with Crippen molar-refractivity contribution in [3.8, 4) is 17.9 Å². The minimum atomic E-state index is 0.653. The molecule has 0 saturated carbocycles. The van der Waals surface area contributed by atoms with Gasteiger partial charge >= 0.3 is 6.54 Å². The lowest BCUT2D eigenvalue weighted by Crippen LogP contribution is -1.71.